The third kappa shape index (κ3) is 5.22. The van der Waals surface area contributed by atoms with Gasteiger partial charge in [0.05, 0.1) is 30.3 Å². The first-order valence-corrected chi connectivity index (χ1v) is 11.7. The molecule has 1 N–H and O–H groups in total. The third-order valence-corrected chi connectivity index (χ3v) is 5.83. The van der Waals surface area contributed by atoms with E-state index in [0.717, 1.165) is 22.6 Å². The number of hydrogen-bond donors (Lipinski definition) is 1. The first kappa shape index (κ1) is 23.4. The summed E-state index contributed by atoms with van der Waals surface area (Å²) in [5.41, 5.74) is 3.73. The zero-order valence-electron chi connectivity index (χ0n) is 20.0. The van der Waals surface area contributed by atoms with E-state index in [4.69, 9.17) is 14.5 Å². The van der Waals surface area contributed by atoms with Crippen LogP contribution in [0.15, 0.2) is 72.8 Å². The summed E-state index contributed by atoms with van der Waals surface area (Å²) in [6.07, 6.45) is 0.609. The number of rotatable bonds is 10. The van der Waals surface area contributed by atoms with Crippen LogP contribution < -0.4 is 14.8 Å². The molecule has 0 saturated carbocycles. The van der Waals surface area contributed by atoms with Crippen LogP contribution in [0.25, 0.3) is 11.0 Å². The van der Waals surface area contributed by atoms with Crippen LogP contribution >= 0.6 is 0 Å². The van der Waals surface area contributed by atoms with Gasteiger partial charge in [-0.1, -0.05) is 56.3 Å². The summed E-state index contributed by atoms with van der Waals surface area (Å²) >= 11 is 0. The molecule has 176 valence electrons. The fourth-order valence-corrected chi connectivity index (χ4v) is 4.12. The summed E-state index contributed by atoms with van der Waals surface area (Å²) < 4.78 is 13.7. The van der Waals surface area contributed by atoms with E-state index in [1.807, 2.05) is 48.5 Å². The van der Waals surface area contributed by atoms with Gasteiger partial charge in [0, 0.05) is 13.0 Å². The Balaban J connectivity index is 1.45. The molecule has 0 fully saturated rings. The minimum absolute atomic E-state index is 0.159. The molecule has 0 aliphatic heterocycles. The second-order valence-corrected chi connectivity index (χ2v) is 8.42. The molecule has 0 bridgehead atoms. The van der Waals surface area contributed by atoms with Crippen molar-refractivity contribution < 1.29 is 14.3 Å². The van der Waals surface area contributed by atoms with Crippen LogP contribution in [0.2, 0.25) is 0 Å². The number of ether oxygens (including phenoxy) is 2. The zero-order chi connectivity index (χ0) is 23.9. The van der Waals surface area contributed by atoms with Gasteiger partial charge < -0.3 is 19.4 Å². The molecular weight excluding hydrogens is 426 g/mol. The third-order valence-electron chi connectivity index (χ3n) is 5.83. The Morgan fingerprint density at radius 1 is 0.971 bits per heavy atom. The summed E-state index contributed by atoms with van der Waals surface area (Å²) in [5, 5.41) is 2.99. The van der Waals surface area contributed by atoms with Crippen molar-refractivity contribution in [2.24, 2.45) is 0 Å². The molecule has 4 rings (SSSR count). The molecule has 0 aliphatic carbocycles. The van der Waals surface area contributed by atoms with E-state index in [0.29, 0.717) is 43.3 Å². The van der Waals surface area contributed by atoms with Gasteiger partial charge in [-0.2, -0.15) is 0 Å². The highest BCUT2D eigenvalue weighted by Crippen LogP contribution is 2.26. The molecule has 6 heteroatoms. The number of amides is 1. The van der Waals surface area contributed by atoms with Gasteiger partial charge in [0.2, 0.25) is 0 Å². The molecule has 0 unspecified atom stereocenters. The fourth-order valence-electron chi connectivity index (χ4n) is 4.12. The number of carbonyl (C=O) groups excluding carboxylic acids is 1. The minimum Gasteiger partial charge on any atom is -0.496 e. The first-order chi connectivity index (χ1) is 16.6. The average Bonchev–Trinajstić information content (AvgIpc) is 3.21. The quantitative estimate of drug-likeness (QED) is 0.355. The number of methoxy groups -OCH3 is 1. The van der Waals surface area contributed by atoms with Crippen LogP contribution in [0.4, 0.5) is 0 Å². The van der Waals surface area contributed by atoms with E-state index in [-0.39, 0.29) is 5.91 Å². The first-order valence-electron chi connectivity index (χ1n) is 11.7. The van der Waals surface area contributed by atoms with Crippen molar-refractivity contribution in [1.29, 1.82) is 0 Å². The summed E-state index contributed by atoms with van der Waals surface area (Å²) in [7, 11) is 1.57. The molecule has 1 aromatic heterocycles. The lowest BCUT2D eigenvalue weighted by Crippen LogP contribution is -2.27. The number of aromatic nitrogens is 2. The number of nitrogens with one attached hydrogen (secondary N) is 1. The van der Waals surface area contributed by atoms with Crippen molar-refractivity contribution in [3.8, 4) is 11.5 Å². The van der Waals surface area contributed by atoms with Crippen molar-refractivity contribution in [3.05, 3.63) is 89.7 Å². The zero-order valence-corrected chi connectivity index (χ0v) is 20.0. The maximum absolute atomic E-state index is 12.6. The van der Waals surface area contributed by atoms with Crippen LogP contribution in [0.3, 0.4) is 0 Å². The Morgan fingerprint density at radius 2 is 1.68 bits per heavy atom. The van der Waals surface area contributed by atoms with E-state index in [1.54, 1.807) is 19.2 Å². The van der Waals surface area contributed by atoms with Gasteiger partial charge in [-0.15, -0.1) is 0 Å². The van der Waals surface area contributed by atoms with E-state index < -0.39 is 0 Å². The molecule has 1 amide bonds. The maximum atomic E-state index is 12.6. The number of para-hydroxylation sites is 4. The molecule has 0 radical (unpaired) electrons. The summed E-state index contributed by atoms with van der Waals surface area (Å²) in [5.74, 6) is 2.64. The summed E-state index contributed by atoms with van der Waals surface area (Å²) in [6, 6.07) is 23.5. The summed E-state index contributed by atoms with van der Waals surface area (Å²) in [6.45, 7) is 6.01. The van der Waals surface area contributed by atoms with Crippen LogP contribution in [-0.2, 0) is 13.0 Å². The lowest BCUT2D eigenvalue weighted by molar-refractivity contribution is 0.0951. The van der Waals surface area contributed by atoms with E-state index in [9.17, 15) is 4.79 Å². The Hall–Kier alpha value is -3.80. The topological polar surface area (TPSA) is 65.4 Å². The van der Waals surface area contributed by atoms with Gasteiger partial charge in [-0.05, 0) is 41.8 Å². The van der Waals surface area contributed by atoms with Gasteiger partial charge in [0.25, 0.3) is 5.91 Å². The van der Waals surface area contributed by atoms with Gasteiger partial charge in [-0.3, -0.25) is 4.79 Å². The van der Waals surface area contributed by atoms with Crippen LogP contribution in [0.1, 0.15) is 41.5 Å². The van der Waals surface area contributed by atoms with Crippen LogP contribution in [0.5, 0.6) is 11.5 Å². The Kier molecular flexibility index (Phi) is 7.48. The lowest BCUT2D eigenvalue weighted by Gasteiger charge is -2.15. The average molecular weight is 458 g/mol. The predicted octanol–water partition coefficient (Wildman–Crippen LogP) is 5.22. The van der Waals surface area contributed by atoms with Crippen molar-refractivity contribution >= 4 is 16.9 Å². The standard InChI is InChI=1S/C28H31N3O3/c1-20(2)21-10-4-9-15-26(21)34-19-18-31-24-13-7-6-12-23(24)30-27(31)16-17-29-28(32)22-11-5-8-14-25(22)33-3/h4-15,20H,16-19H2,1-3H3,(H,29,32). The van der Waals surface area contributed by atoms with Crippen molar-refractivity contribution in [1.82, 2.24) is 14.9 Å². The number of imidazole rings is 1. The normalized spacial score (nSPS) is 11.1. The minimum atomic E-state index is -0.159. The number of carbonyl (C=O) groups is 1. The second-order valence-electron chi connectivity index (χ2n) is 8.42. The molecule has 4 aromatic rings. The Labute approximate surface area is 200 Å². The molecule has 0 aliphatic rings. The second kappa shape index (κ2) is 10.9. The van der Waals surface area contributed by atoms with Crippen LogP contribution in [0, 0.1) is 0 Å². The Morgan fingerprint density at radius 3 is 2.47 bits per heavy atom. The number of benzene rings is 3. The molecule has 0 atom stereocenters. The van der Waals surface area contributed by atoms with E-state index in [2.05, 4.69) is 35.9 Å². The number of fused-ring (bicyclic) bond motifs is 1. The maximum Gasteiger partial charge on any atom is 0.255 e. The largest absolute Gasteiger partial charge is 0.496 e. The molecule has 0 saturated heterocycles. The lowest BCUT2D eigenvalue weighted by atomic mass is 10.0. The molecule has 0 spiro atoms. The Bertz CT molecular complexity index is 1260. The molecule has 1 heterocycles. The van der Waals surface area contributed by atoms with E-state index in [1.165, 1.54) is 5.56 Å². The van der Waals surface area contributed by atoms with Gasteiger partial charge in [0.1, 0.15) is 23.9 Å². The van der Waals surface area contributed by atoms with Gasteiger partial charge in [-0.25, -0.2) is 4.98 Å². The SMILES string of the molecule is COc1ccccc1C(=O)NCCc1nc2ccccc2n1CCOc1ccccc1C(C)C. The predicted molar refractivity (Wildman–Crippen MR) is 135 cm³/mol. The number of hydrogen-bond acceptors (Lipinski definition) is 4. The molecule has 6 nitrogen and oxygen atoms in total. The van der Waals surface area contributed by atoms with E-state index >= 15 is 0 Å². The highest BCUT2D eigenvalue weighted by Gasteiger charge is 2.14. The monoisotopic (exact) mass is 457 g/mol. The highest BCUT2D eigenvalue weighted by molar-refractivity contribution is 5.96. The van der Waals surface area contributed by atoms with Crippen molar-refractivity contribution in [2.45, 2.75) is 32.7 Å². The van der Waals surface area contributed by atoms with Crippen LogP contribution in [-0.4, -0.2) is 35.7 Å². The molecule has 3 aromatic carbocycles. The van der Waals surface area contributed by atoms with Gasteiger partial charge in [0.15, 0.2) is 0 Å². The molecular formula is C28H31N3O3. The van der Waals surface area contributed by atoms with Crippen molar-refractivity contribution in [3.63, 3.8) is 0 Å². The van der Waals surface area contributed by atoms with Gasteiger partial charge >= 0.3 is 0 Å². The number of nitrogens with zero attached hydrogens (tertiary/aromatic N) is 2. The molecule has 34 heavy (non-hydrogen) atoms. The fraction of sp³-hybridized carbons (Fsp3) is 0.286. The highest BCUT2D eigenvalue weighted by atomic mass is 16.5. The smallest absolute Gasteiger partial charge is 0.255 e. The van der Waals surface area contributed by atoms with Crippen molar-refractivity contribution in [2.75, 3.05) is 20.3 Å². The summed E-state index contributed by atoms with van der Waals surface area (Å²) in [4.78, 5) is 17.5.